The molecule has 1 N–H and O–H groups in total. The number of rotatable bonds is 5. The summed E-state index contributed by atoms with van der Waals surface area (Å²) in [5.41, 5.74) is 4.26. The molecule has 1 atom stereocenters. The van der Waals surface area contributed by atoms with Gasteiger partial charge >= 0.3 is 0 Å². The normalized spacial score (nSPS) is 17.3. The van der Waals surface area contributed by atoms with Gasteiger partial charge in [0.05, 0.1) is 12.2 Å². The topological polar surface area (TPSA) is 61.8 Å². The standard InChI is InChI=1S/C26H24FN3O2S/c1-17-8-13-22(18(2)14-17)29-25(32)23-15-24(31)30(16-19-6-4-3-5-7-19)26(33-23)28-21-11-9-20(27)10-12-21/h3-14,23H,15-16H2,1-2H3,(H,29,32)/t23-/m0/s1. The summed E-state index contributed by atoms with van der Waals surface area (Å²) in [6.07, 6.45) is 0.0662. The maximum Gasteiger partial charge on any atom is 0.238 e. The van der Waals surface area contributed by atoms with E-state index in [9.17, 15) is 14.0 Å². The second kappa shape index (κ2) is 10.0. The minimum atomic E-state index is -0.621. The third kappa shape index (κ3) is 5.68. The Balaban J connectivity index is 1.60. The van der Waals surface area contributed by atoms with E-state index >= 15 is 0 Å². The molecule has 1 aliphatic rings. The molecule has 3 aromatic carbocycles. The Labute approximate surface area is 196 Å². The van der Waals surface area contributed by atoms with Crippen molar-refractivity contribution in [1.29, 1.82) is 0 Å². The fraction of sp³-hybridized carbons (Fsp3) is 0.192. The zero-order chi connectivity index (χ0) is 23.4. The highest BCUT2D eigenvalue weighted by molar-refractivity contribution is 8.15. The highest BCUT2D eigenvalue weighted by atomic mass is 32.2. The van der Waals surface area contributed by atoms with Crippen LogP contribution in [0.15, 0.2) is 77.8 Å². The molecule has 0 bridgehead atoms. The minimum absolute atomic E-state index is 0.0662. The summed E-state index contributed by atoms with van der Waals surface area (Å²) in [4.78, 5) is 32.4. The summed E-state index contributed by atoms with van der Waals surface area (Å²) in [5, 5.41) is 2.75. The molecule has 5 nitrogen and oxygen atoms in total. The fourth-order valence-corrected chi connectivity index (χ4v) is 4.65. The van der Waals surface area contributed by atoms with E-state index in [2.05, 4.69) is 10.3 Å². The lowest BCUT2D eigenvalue weighted by molar-refractivity contribution is -0.129. The average Bonchev–Trinajstić information content (AvgIpc) is 2.80. The maximum atomic E-state index is 13.4. The van der Waals surface area contributed by atoms with Gasteiger partial charge in [0.25, 0.3) is 0 Å². The van der Waals surface area contributed by atoms with Crippen LogP contribution < -0.4 is 5.32 Å². The van der Waals surface area contributed by atoms with Crippen molar-refractivity contribution in [2.75, 3.05) is 5.32 Å². The van der Waals surface area contributed by atoms with E-state index < -0.39 is 5.25 Å². The second-order valence-corrected chi connectivity index (χ2v) is 9.12. The van der Waals surface area contributed by atoms with Crippen molar-refractivity contribution in [3.63, 3.8) is 0 Å². The largest absolute Gasteiger partial charge is 0.325 e. The number of nitrogens with one attached hydrogen (secondary N) is 1. The number of anilines is 1. The summed E-state index contributed by atoms with van der Waals surface area (Å²) in [7, 11) is 0. The van der Waals surface area contributed by atoms with Crippen molar-refractivity contribution in [1.82, 2.24) is 4.90 Å². The van der Waals surface area contributed by atoms with Crippen molar-refractivity contribution in [2.24, 2.45) is 4.99 Å². The lowest BCUT2D eigenvalue weighted by atomic mass is 10.1. The monoisotopic (exact) mass is 461 g/mol. The Morgan fingerprint density at radius 3 is 2.52 bits per heavy atom. The van der Waals surface area contributed by atoms with E-state index in [-0.39, 0.29) is 24.1 Å². The first-order valence-corrected chi connectivity index (χ1v) is 11.5. The summed E-state index contributed by atoms with van der Waals surface area (Å²) < 4.78 is 13.4. The number of halogens is 1. The summed E-state index contributed by atoms with van der Waals surface area (Å²) >= 11 is 1.25. The molecule has 1 heterocycles. The predicted molar refractivity (Wildman–Crippen MR) is 131 cm³/mol. The Morgan fingerprint density at radius 2 is 1.82 bits per heavy atom. The van der Waals surface area contributed by atoms with Crippen LogP contribution in [0.1, 0.15) is 23.1 Å². The Kier molecular flexibility index (Phi) is 6.89. The maximum absolute atomic E-state index is 13.4. The second-order valence-electron chi connectivity index (χ2n) is 7.95. The van der Waals surface area contributed by atoms with Gasteiger partial charge in [-0.15, -0.1) is 0 Å². The molecule has 4 rings (SSSR count). The first-order valence-electron chi connectivity index (χ1n) is 10.6. The number of aliphatic imine (C=N–C) groups is 1. The van der Waals surface area contributed by atoms with Crippen molar-refractivity contribution < 1.29 is 14.0 Å². The SMILES string of the molecule is Cc1ccc(NC(=O)[C@@H]2CC(=O)N(Cc3ccccc3)C(=Nc3ccc(F)cc3)S2)c(C)c1. The van der Waals surface area contributed by atoms with Gasteiger partial charge in [-0.2, -0.15) is 0 Å². The fourth-order valence-electron chi connectivity index (χ4n) is 3.56. The van der Waals surface area contributed by atoms with Gasteiger partial charge in [-0.3, -0.25) is 14.5 Å². The van der Waals surface area contributed by atoms with Gasteiger partial charge in [0.15, 0.2) is 5.17 Å². The van der Waals surface area contributed by atoms with Crippen LogP contribution in [0.3, 0.4) is 0 Å². The van der Waals surface area contributed by atoms with E-state index in [0.717, 1.165) is 22.4 Å². The average molecular weight is 462 g/mol. The molecule has 1 fully saturated rings. The summed E-state index contributed by atoms with van der Waals surface area (Å²) in [5.74, 6) is -0.788. The van der Waals surface area contributed by atoms with Crippen LogP contribution in [0.4, 0.5) is 15.8 Å². The van der Waals surface area contributed by atoms with Crippen LogP contribution in [0, 0.1) is 19.7 Å². The molecular weight excluding hydrogens is 437 g/mol. The molecule has 3 aromatic rings. The predicted octanol–water partition coefficient (Wildman–Crippen LogP) is 5.60. The van der Waals surface area contributed by atoms with Crippen LogP contribution in [0.25, 0.3) is 0 Å². The third-order valence-corrected chi connectivity index (χ3v) is 6.49. The number of amides is 2. The molecular formula is C26H24FN3O2S. The number of hydrogen-bond acceptors (Lipinski definition) is 4. The van der Waals surface area contributed by atoms with Crippen molar-refractivity contribution in [3.8, 4) is 0 Å². The first kappa shape index (κ1) is 22.7. The lowest BCUT2D eigenvalue weighted by Crippen LogP contribution is -2.44. The number of aryl methyl sites for hydroxylation is 2. The Morgan fingerprint density at radius 1 is 1.09 bits per heavy atom. The smallest absolute Gasteiger partial charge is 0.238 e. The molecule has 1 aliphatic heterocycles. The molecule has 7 heteroatoms. The quantitative estimate of drug-likeness (QED) is 0.538. The van der Waals surface area contributed by atoms with Gasteiger partial charge in [0.1, 0.15) is 11.1 Å². The van der Waals surface area contributed by atoms with Crippen LogP contribution in [0.5, 0.6) is 0 Å². The number of nitrogens with zero attached hydrogens (tertiary/aromatic N) is 2. The first-order chi connectivity index (χ1) is 15.9. The Bertz CT molecular complexity index is 1200. The molecule has 0 spiro atoms. The van der Waals surface area contributed by atoms with E-state index in [1.165, 1.54) is 23.9 Å². The van der Waals surface area contributed by atoms with Crippen LogP contribution in [-0.2, 0) is 16.1 Å². The zero-order valence-electron chi connectivity index (χ0n) is 18.4. The van der Waals surface area contributed by atoms with Gasteiger partial charge in [-0.05, 0) is 55.3 Å². The van der Waals surface area contributed by atoms with E-state index in [1.54, 1.807) is 17.0 Å². The molecule has 168 valence electrons. The summed E-state index contributed by atoms with van der Waals surface area (Å²) in [6.45, 7) is 4.27. The third-order valence-electron chi connectivity index (χ3n) is 5.31. The molecule has 2 amide bonds. The van der Waals surface area contributed by atoms with Gasteiger partial charge in [-0.25, -0.2) is 9.38 Å². The number of carbonyl (C=O) groups excluding carboxylic acids is 2. The van der Waals surface area contributed by atoms with Crippen LogP contribution in [0.2, 0.25) is 0 Å². The van der Waals surface area contributed by atoms with E-state index in [1.807, 2.05) is 62.4 Å². The van der Waals surface area contributed by atoms with E-state index in [0.29, 0.717) is 17.4 Å². The van der Waals surface area contributed by atoms with Crippen molar-refractivity contribution in [2.45, 2.75) is 32.1 Å². The highest BCUT2D eigenvalue weighted by Gasteiger charge is 2.36. The molecule has 0 unspecified atom stereocenters. The number of benzene rings is 3. The highest BCUT2D eigenvalue weighted by Crippen LogP contribution is 2.31. The lowest BCUT2D eigenvalue weighted by Gasteiger charge is -2.32. The van der Waals surface area contributed by atoms with E-state index in [4.69, 9.17) is 0 Å². The van der Waals surface area contributed by atoms with Crippen LogP contribution in [-0.4, -0.2) is 27.1 Å². The number of carbonyl (C=O) groups is 2. The van der Waals surface area contributed by atoms with Crippen molar-refractivity contribution >= 4 is 40.1 Å². The molecule has 0 saturated carbocycles. The Hall–Kier alpha value is -3.45. The minimum Gasteiger partial charge on any atom is -0.325 e. The van der Waals surface area contributed by atoms with Gasteiger partial charge in [0, 0.05) is 12.1 Å². The number of thioether (sulfide) groups is 1. The number of amidine groups is 1. The zero-order valence-corrected chi connectivity index (χ0v) is 19.2. The van der Waals surface area contributed by atoms with Crippen molar-refractivity contribution in [3.05, 3.63) is 95.3 Å². The van der Waals surface area contributed by atoms with Gasteiger partial charge < -0.3 is 5.32 Å². The van der Waals surface area contributed by atoms with Gasteiger partial charge in [-0.1, -0.05) is 59.8 Å². The van der Waals surface area contributed by atoms with Crippen LogP contribution >= 0.6 is 11.8 Å². The van der Waals surface area contributed by atoms with Gasteiger partial charge in [0.2, 0.25) is 11.8 Å². The molecule has 0 radical (unpaired) electrons. The molecule has 0 aromatic heterocycles. The molecule has 1 saturated heterocycles. The summed E-state index contributed by atoms with van der Waals surface area (Å²) in [6, 6.07) is 21.1. The molecule has 33 heavy (non-hydrogen) atoms. The molecule has 0 aliphatic carbocycles. The number of hydrogen-bond donors (Lipinski definition) is 1.